The van der Waals surface area contributed by atoms with Gasteiger partial charge in [0.15, 0.2) is 0 Å². The molecular weight excluding hydrogens is 318 g/mol. The van der Waals surface area contributed by atoms with E-state index in [0.717, 1.165) is 24.7 Å². The number of aromatic nitrogens is 4. The molecule has 1 aliphatic heterocycles. The second kappa shape index (κ2) is 6.23. The molecule has 130 valence electrons. The van der Waals surface area contributed by atoms with Gasteiger partial charge in [-0.2, -0.15) is 5.10 Å². The summed E-state index contributed by atoms with van der Waals surface area (Å²) in [6, 6.07) is 3.73. The Morgan fingerprint density at radius 3 is 2.88 bits per heavy atom. The second-order valence-electron chi connectivity index (χ2n) is 6.60. The number of hydrogen-bond acceptors (Lipinski definition) is 4. The van der Waals surface area contributed by atoms with Crippen molar-refractivity contribution in [3.63, 3.8) is 0 Å². The monoisotopic (exact) mass is 339 g/mol. The molecule has 4 rings (SSSR count). The van der Waals surface area contributed by atoms with Crippen molar-refractivity contribution in [2.24, 2.45) is 5.92 Å². The zero-order valence-electron chi connectivity index (χ0n) is 14.4. The van der Waals surface area contributed by atoms with Crippen LogP contribution in [0.1, 0.15) is 27.7 Å². The highest BCUT2D eigenvalue weighted by atomic mass is 16.3. The minimum Gasteiger partial charge on any atom is -0.466 e. The van der Waals surface area contributed by atoms with E-state index in [1.807, 2.05) is 48.0 Å². The van der Waals surface area contributed by atoms with Gasteiger partial charge in [-0.15, -0.1) is 0 Å². The van der Waals surface area contributed by atoms with E-state index in [1.54, 1.807) is 12.4 Å². The van der Waals surface area contributed by atoms with Gasteiger partial charge in [-0.05, 0) is 26.0 Å². The number of furan rings is 1. The maximum Gasteiger partial charge on any atom is 0.257 e. The molecule has 1 unspecified atom stereocenters. The Bertz CT molecular complexity index is 877. The fraction of sp³-hybridized carbons (Fsp3) is 0.389. The summed E-state index contributed by atoms with van der Waals surface area (Å²) in [5.41, 5.74) is 0.635. The van der Waals surface area contributed by atoms with Gasteiger partial charge in [0, 0.05) is 50.3 Å². The Hall–Kier alpha value is -2.83. The van der Waals surface area contributed by atoms with Crippen molar-refractivity contribution >= 4 is 5.91 Å². The first kappa shape index (κ1) is 15.7. The third-order valence-electron chi connectivity index (χ3n) is 4.63. The SMILES string of the molecule is Cc1cc(C(=O)N2Cc3nccn3CC(Cn3cccn3)C2)c(C)o1. The first-order valence-electron chi connectivity index (χ1n) is 8.44. The zero-order valence-corrected chi connectivity index (χ0v) is 14.4. The van der Waals surface area contributed by atoms with Crippen molar-refractivity contribution in [2.45, 2.75) is 33.5 Å². The molecule has 0 spiro atoms. The largest absolute Gasteiger partial charge is 0.466 e. The molecule has 7 nitrogen and oxygen atoms in total. The molecule has 1 amide bonds. The van der Waals surface area contributed by atoms with E-state index in [9.17, 15) is 4.79 Å². The van der Waals surface area contributed by atoms with Gasteiger partial charge in [0.25, 0.3) is 5.91 Å². The first-order chi connectivity index (χ1) is 12.1. The molecule has 0 radical (unpaired) electrons. The molecular formula is C18H21N5O2. The van der Waals surface area contributed by atoms with Gasteiger partial charge in [0.2, 0.25) is 0 Å². The Labute approximate surface area is 145 Å². The summed E-state index contributed by atoms with van der Waals surface area (Å²) >= 11 is 0. The summed E-state index contributed by atoms with van der Waals surface area (Å²) in [7, 11) is 0. The fourth-order valence-corrected chi connectivity index (χ4v) is 3.50. The highest BCUT2D eigenvalue weighted by Gasteiger charge is 2.28. The molecule has 0 N–H and O–H groups in total. The topological polar surface area (TPSA) is 69.1 Å². The maximum atomic E-state index is 13.1. The van der Waals surface area contributed by atoms with Gasteiger partial charge < -0.3 is 13.9 Å². The van der Waals surface area contributed by atoms with E-state index < -0.39 is 0 Å². The van der Waals surface area contributed by atoms with Gasteiger partial charge in [-0.1, -0.05) is 0 Å². The summed E-state index contributed by atoms with van der Waals surface area (Å²) in [5, 5.41) is 4.30. The van der Waals surface area contributed by atoms with Crippen LogP contribution in [0.15, 0.2) is 41.3 Å². The Morgan fingerprint density at radius 2 is 2.16 bits per heavy atom. The average Bonchev–Trinajstić information content (AvgIpc) is 3.28. The van der Waals surface area contributed by atoms with Gasteiger partial charge in [-0.3, -0.25) is 9.48 Å². The van der Waals surface area contributed by atoms with Crippen molar-refractivity contribution in [3.8, 4) is 0 Å². The lowest BCUT2D eigenvalue weighted by Gasteiger charge is -2.24. The molecule has 7 heteroatoms. The number of carbonyl (C=O) groups excluding carboxylic acids is 1. The molecule has 1 atom stereocenters. The van der Waals surface area contributed by atoms with Crippen LogP contribution < -0.4 is 0 Å². The van der Waals surface area contributed by atoms with Crippen LogP contribution in [0.3, 0.4) is 0 Å². The molecule has 3 aromatic heterocycles. The first-order valence-corrected chi connectivity index (χ1v) is 8.44. The molecule has 0 saturated carbocycles. The van der Waals surface area contributed by atoms with Crippen LogP contribution in [0.25, 0.3) is 0 Å². The van der Waals surface area contributed by atoms with Crippen LogP contribution in [-0.2, 0) is 19.6 Å². The number of amides is 1. The van der Waals surface area contributed by atoms with Crippen molar-refractivity contribution < 1.29 is 9.21 Å². The summed E-state index contributed by atoms with van der Waals surface area (Å²) in [4.78, 5) is 19.4. The quantitative estimate of drug-likeness (QED) is 0.734. The molecule has 0 saturated heterocycles. The van der Waals surface area contributed by atoms with Crippen molar-refractivity contribution in [3.05, 3.63) is 59.8 Å². The lowest BCUT2D eigenvalue weighted by atomic mass is 10.1. The number of aryl methyl sites for hydroxylation is 2. The van der Waals surface area contributed by atoms with Gasteiger partial charge in [0.05, 0.1) is 12.1 Å². The highest BCUT2D eigenvalue weighted by molar-refractivity contribution is 5.95. The number of nitrogens with zero attached hydrogens (tertiary/aromatic N) is 5. The van der Waals surface area contributed by atoms with Crippen LogP contribution in [0, 0.1) is 19.8 Å². The minimum atomic E-state index is -0.00346. The van der Waals surface area contributed by atoms with E-state index in [0.29, 0.717) is 24.4 Å². The third-order valence-corrected chi connectivity index (χ3v) is 4.63. The maximum absolute atomic E-state index is 13.1. The van der Waals surface area contributed by atoms with Gasteiger partial charge in [-0.25, -0.2) is 4.98 Å². The highest BCUT2D eigenvalue weighted by Crippen LogP contribution is 2.22. The predicted octanol–water partition coefficient (Wildman–Crippen LogP) is 2.26. The average molecular weight is 339 g/mol. The van der Waals surface area contributed by atoms with Crippen LogP contribution in [-0.4, -0.2) is 36.7 Å². The molecule has 0 aromatic carbocycles. The normalized spacial score (nSPS) is 17.4. The second-order valence-corrected chi connectivity index (χ2v) is 6.60. The zero-order chi connectivity index (χ0) is 17.4. The van der Waals surface area contributed by atoms with Crippen LogP contribution >= 0.6 is 0 Å². The number of rotatable bonds is 3. The summed E-state index contributed by atoms with van der Waals surface area (Å²) < 4.78 is 9.59. The van der Waals surface area contributed by atoms with Crippen LogP contribution in [0.5, 0.6) is 0 Å². The Balaban J connectivity index is 1.62. The molecule has 0 fully saturated rings. The van der Waals surface area contributed by atoms with Crippen LogP contribution in [0.2, 0.25) is 0 Å². The van der Waals surface area contributed by atoms with Gasteiger partial charge >= 0.3 is 0 Å². The fourth-order valence-electron chi connectivity index (χ4n) is 3.50. The smallest absolute Gasteiger partial charge is 0.257 e. The predicted molar refractivity (Wildman–Crippen MR) is 90.9 cm³/mol. The molecule has 0 bridgehead atoms. The minimum absolute atomic E-state index is 0.00346. The molecule has 25 heavy (non-hydrogen) atoms. The molecule has 3 aromatic rings. The molecule has 4 heterocycles. The Kier molecular flexibility index (Phi) is 3.91. The van der Waals surface area contributed by atoms with E-state index in [4.69, 9.17) is 4.42 Å². The lowest BCUT2D eigenvalue weighted by Crippen LogP contribution is -2.35. The Morgan fingerprint density at radius 1 is 1.28 bits per heavy atom. The summed E-state index contributed by atoms with van der Waals surface area (Å²) in [6.07, 6.45) is 7.50. The molecule has 0 aliphatic carbocycles. The van der Waals surface area contributed by atoms with Crippen LogP contribution in [0.4, 0.5) is 0 Å². The van der Waals surface area contributed by atoms with E-state index in [-0.39, 0.29) is 11.8 Å². The standard InChI is InChI=1S/C18H21N5O2/c1-13-8-16(14(2)25-13)18(24)22-10-15(11-23-6-3-4-20-23)9-21-7-5-19-17(21)12-22/h3-8,15H,9-12H2,1-2H3. The number of fused-ring (bicyclic) bond motifs is 1. The molecule has 1 aliphatic rings. The summed E-state index contributed by atoms with van der Waals surface area (Å²) in [6.45, 7) is 6.44. The lowest BCUT2D eigenvalue weighted by molar-refractivity contribution is 0.0711. The van der Waals surface area contributed by atoms with Crippen molar-refractivity contribution in [2.75, 3.05) is 6.54 Å². The van der Waals surface area contributed by atoms with Crippen molar-refractivity contribution in [1.82, 2.24) is 24.2 Å². The number of hydrogen-bond donors (Lipinski definition) is 0. The van der Waals surface area contributed by atoms with E-state index >= 15 is 0 Å². The number of carbonyl (C=O) groups is 1. The van der Waals surface area contributed by atoms with Crippen molar-refractivity contribution in [1.29, 1.82) is 0 Å². The number of imidazole rings is 1. The van der Waals surface area contributed by atoms with E-state index in [1.165, 1.54) is 0 Å². The van der Waals surface area contributed by atoms with Gasteiger partial charge in [0.1, 0.15) is 17.3 Å². The third kappa shape index (κ3) is 3.09. The van der Waals surface area contributed by atoms with E-state index in [2.05, 4.69) is 14.6 Å². The summed E-state index contributed by atoms with van der Waals surface area (Å²) in [5.74, 6) is 2.59.